The first-order chi connectivity index (χ1) is 19.4. The predicted molar refractivity (Wildman–Crippen MR) is 148 cm³/mol. The maximum atomic E-state index is 15.3. The number of ether oxygens (including phenoxy) is 2. The SMILES string of the molecule is CC1=C[C@H](N)C[C@H](c2ccncc2Cc2ncc3ccc(-c4c(F)cc(COC5CCOCC5)cc4F)nn23)C1. The number of hydrogen-bond acceptors (Lipinski definition) is 6. The molecule has 0 spiro atoms. The molecule has 1 aliphatic heterocycles. The number of halogens is 2. The zero-order valence-electron chi connectivity index (χ0n) is 22.5. The van der Waals surface area contributed by atoms with E-state index in [1.165, 1.54) is 23.3 Å². The van der Waals surface area contributed by atoms with Crippen molar-refractivity contribution in [2.75, 3.05) is 13.2 Å². The van der Waals surface area contributed by atoms with Crippen LogP contribution >= 0.6 is 0 Å². The zero-order chi connectivity index (χ0) is 27.6. The molecule has 208 valence electrons. The van der Waals surface area contributed by atoms with Crippen LogP contribution in [0, 0.1) is 11.6 Å². The Labute approximate surface area is 232 Å². The number of nitrogens with two attached hydrogens (primary N) is 1. The van der Waals surface area contributed by atoms with Gasteiger partial charge in [-0.1, -0.05) is 11.6 Å². The van der Waals surface area contributed by atoms with Gasteiger partial charge in [0.2, 0.25) is 0 Å². The molecule has 3 aromatic heterocycles. The molecule has 0 saturated carbocycles. The molecule has 0 bridgehead atoms. The van der Waals surface area contributed by atoms with Gasteiger partial charge in [0.15, 0.2) is 0 Å². The molecule has 0 unspecified atom stereocenters. The van der Waals surface area contributed by atoms with E-state index >= 15 is 8.78 Å². The maximum Gasteiger partial charge on any atom is 0.135 e. The number of fused-ring (bicyclic) bond motifs is 1. The van der Waals surface area contributed by atoms with Gasteiger partial charge >= 0.3 is 0 Å². The summed E-state index contributed by atoms with van der Waals surface area (Å²) in [7, 11) is 0. The van der Waals surface area contributed by atoms with Crippen LogP contribution in [0.25, 0.3) is 16.8 Å². The van der Waals surface area contributed by atoms with E-state index in [9.17, 15) is 0 Å². The first kappa shape index (κ1) is 26.7. The lowest BCUT2D eigenvalue weighted by Crippen LogP contribution is -2.25. The van der Waals surface area contributed by atoms with Crippen LogP contribution in [0.3, 0.4) is 0 Å². The average Bonchev–Trinajstić information content (AvgIpc) is 3.34. The third kappa shape index (κ3) is 5.68. The minimum Gasteiger partial charge on any atom is -0.381 e. The summed E-state index contributed by atoms with van der Waals surface area (Å²) in [6.07, 6.45) is 11.4. The van der Waals surface area contributed by atoms with Crippen LogP contribution in [-0.2, 0) is 22.5 Å². The van der Waals surface area contributed by atoms with E-state index in [2.05, 4.69) is 34.1 Å². The van der Waals surface area contributed by atoms with Crippen LogP contribution in [0.15, 0.2) is 60.6 Å². The number of allylic oxidation sites excluding steroid dienone is 1. The molecule has 2 N–H and O–H groups in total. The molecule has 40 heavy (non-hydrogen) atoms. The van der Waals surface area contributed by atoms with Gasteiger partial charge < -0.3 is 15.2 Å². The first-order valence-electron chi connectivity index (χ1n) is 13.8. The van der Waals surface area contributed by atoms with E-state index in [0.717, 1.165) is 36.8 Å². The van der Waals surface area contributed by atoms with Crippen LogP contribution < -0.4 is 5.73 Å². The predicted octanol–water partition coefficient (Wildman–Crippen LogP) is 5.51. The zero-order valence-corrected chi connectivity index (χ0v) is 22.5. The molecule has 4 heterocycles. The fourth-order valence-electron chi connectivity index (χ4n) is 5.89. The number of aromatic nitrogens is 4. The van der Waals surface area contributed by atoms with E-state index in [-0.39, 0.29) is 30.0 Å². The minimum absolute atomic E-state index is 0.0286. The molecule has 4 aromatic rings. The molecule has 7 nitrogen and oxygen atoms in total. The number of imidazole rings is 1. The smallest absolute Gasteiger partial charge is 0.135 e. The normalized spacial score (nSPS) is 20.1. The number of rotatable bonds is 7. The summed E-state index contributed by atoms with van der Waals surface area (Å²) in [5.74, 6) is -0.387. The molecule has 2 atom stereocenters. The Balaban J connectivity index is 1.26. The quantitative estimate of drug-likeness (QED) is 0.308. The van der Waals surface area contributed by atoms with E-state index in [4.69, 9.17) is 15.2 Å². The Kier molecular flexibility index (Phi) is 7.69. The Morgan fingerprint density at radius 2 is 1.90 bits per heavy atom. The van der Waals surface area contributed by atoms with Crippen LogP contribution in [0.4, 0.5) is 8.78 Å². The second kappa shape index (κ2) is 11.5. The highest BCUT2D eigenvalue weighted by molar-refractivity contribution is 5.63. The van der Waals surface area contributed by atoms with E-state index < -0.39 is 11.6 Å². The number of hydrogen-bond donors (Lipinski definition) is 1. The number of benzene rings is 1. The molecule has 2 aliphatic rings. The highest BCUT2D eigenvalue weighted by Crippen LogP contribution is 2.34. The van der Waals surface area contributed by atoms with Crippen molar-refractivity contribution >= 4 is 5.52 Å². The summed E-state index contributed by atoms with van der Waals surface area (Å²) < 4.78 is 43.4. The summed E-state index contributed by atoms with van der Waals surface area (Å²) in [4.78, 5) is 8.95. The van der Waals surface area contributed by atoms with Gasteiger partial charge in [-0.3, -0.25) is 4.98 Å². The van der Waals surface area contributed by atoms with Crippen molar-refractivity contribution in [3.8, 4) is 11.3 Å². The molecule has 9 heteroatoms. The largest absolute Gasteiger partial charge is 0.381 e. The van der Waals surface area contributed by atoms with Gasteiger partial charge in [0.25, 0.3) is 0 Å². The van der Waals surface area contributed by atoms with Crippen LogP contribution in [0.1, 0.15) is 61.0 Å². The van der Waals surface area contributed by atoms with Gasteiger partial charge in [-0.2, -0.15) is 5.10 Å². The summed E-state index contributed by atoms with van der Waals surface area (Å²) in [6, 6.07) is 8.13. The Bertz CT molecular complexity index is 1520. The topological polar surface area (TPSA) is 87.6 Å². The Morgan fingerprint density at radius 3 is 2.67 bits per heavy atom. The molecule has 1 fully saturated rings. The monoisotopic (exact) mass is 545 g/mol. The summed E-state index contributed by atoms with van der Waals surface area (Å²) in [5, 5.41) is 4.62. The van der Waals surface area contributed by atoms with Crippen molar-refractivity contribution in [2.24, 2.45) is 5.73 Å². The van der Waals surface area contributed by atoms with Crippen molar-refractivity contribution in [3.05, 3.63) is 94.7 Å². The number of nitrogens with zero attached hydrogens (tertiary/aromatic N) is 4. The van der Waals surface area contributed by atoms with Gasteiger partial charge in [0.05, 0.1) is 35.7 Å². The fraction of sp³-hybridized carbons (Fsp3) is 0.387. The van der Waals surface area contributed by atoms with Gasteiger partial charge in [0.1, 0.15) is 17.5 Å². The van der Waals surface area contributed by atoms with E-state index in [0.29, 0.717) is 36.9 Å². The van der Waals surface area contributed by atoms with Crippen molar-refractivity contribution < 1.29 is 18.3 Å². The highest BCUT2D eigenvalue weighted by Gasteiger charge is 2.24. The lowest BCUT2D eigenvalue weighted by molar-refractivity contribution is -0.0391. The first-order valence-corrected chi connectivity index (χ1v) is 13.8. The van der Waals surface area contributed by atoms with E-state index in [1.807, 2.05) is 12.4 Å². The summed E-state index contributed by atoms with van der Waals surface area (Å²) in [6.45, 7) is 3.55. The molecule has 1 aromatic carbocycles. The van der Waals surface area contributed by atoms with Crippen molar-refractivity contribution in [1.29, 1.82) is 0 Å². The van der Waals surface area contributed by atoms with Gasteiger partial charge in [0, 0.05) is 38.1 Å². The lowest BCUT2D eigenvalue weighted by Gasteiger charge is -2.27. The number of pyridine rings is 1. The van der Waals surface area contributed by atoms with Gasteiger partial charge in [-0.05, 0) is 85.5 Å². The van der Waals surface area contributed by atoms with Crippen molar-refractivity contribution in [3.63, 3.8) is 0 Å². The third-order valence-corrected chi connectivity index (χ3v) is 7.82. The summed E-state index contributed by atoms with van der Waals surface area (Å²) in [5.41, 5.74) is 11.0. The maximum absolute atomic E-state index is 15.3. The molecular formula is C31H33F2N5O2. The minimum atomic E-state index is -0.675. The molecule has 6 rings (SSSR count). The molecular weight excluding hydrogens is 512 g/mol. The van der Waals surface area contributed by atoms with Gasteiger partial charge in [-0.15, -0.1) is 0 Å². The second-order valence-electron chi connectivity index (χ2n) is 10.9. The van der Waals surface area contributed by atoms with Crippen LogP contribution in [-0.4, -0.2) is 44.9 Å². The highest BCUT2D eigenvalue weighted by atomic mass is 19.1. The Morgan fingerprint density at radius 1 is 1.10 bits per heavy atom. The van der Waals surface area contributed by atoms with Crippen LogP contribution in [0.5, 0.6) is 0 Å². The van der Waals surface area contributed by atoms with Crippen molar-refractivity contribution in [1.82, 2.24) is 19.6 Å². The third-order valence-electron chi connectivity index (χ3n) is 7.82. The second-order valence-corrected chi connectivity index (χ2v) is 10.9. The molecule has 1 aliphatic carbocycles. The Hall–Kier alpha value is -3.53. The standard InChI is InChI=1S/C31H33F2N5O2/c1-19-10-21(14-23(34)11-19)26-4-7-35-16-22(26)15-30-36-17-24-2-3-29(37-38(24)30)31-27(32)12-20(13-28(31)33)18-40-25-5-8-39-9-6-25/h2-4,7,11-13,16-17,21,23,25H,5-6,8-10,14-15,18,34H2,1H3/t21-,23+/m1/s1. The molecule has 0 amide bonds. The molecule has 1 saturated heterocycles. The molecule has 0 radical (unpaired) electrons. The van der Waals surface area contributed by atoms with Crippen molar-refractivity contribution in [2.45, 2.75) is 63.7 Å². The van der Waals surface area contributed by atoms with Crippen LogP contribution in [0.2, 0.25) is 0 Å². The fourth-order valence-corrected chi connectivity index (χ4v) is 5.89. The lowest BCUT2D eigenvalue weighted by atomic mass is 9.80. The summed E-state index contributed by atoms with van der Waals surface area (Å²) >= 11 is 0. The average molecular weight is 546 g/mol. The van der Waals surface area contributed by atoms with E-state index in [1.54, 1.807) is 22.8 Å². The van der Waals surface area contributed by atoms with Gasteiger partial charge in [-0.25, -0.2) is 18.3 Å².